The van der Waals surface area contributed by atoms with Crippen LogP contribution >= 0.6 is 0 Å². The fraction of sp³-hybridized carbons (Fsp3) is 0.450. The van der Waals surface area contributed by atoms with Gasteiger partial charge in [0.2, 0.25) is 5.91 Å². The van der Waals surface area contributed by atoms with Gasteiger partial charge in [-0.25, -0.2) is 14.4 Å². The lowest BCUT2D eigenvalue weighted by molar-refractivity contribution is -0.140. The molecule has 1 saturated heterocycles. The molecule has 3 rings (SSSR count). The summed E-state index contributed by atoms with van der Waals surface area (Å²) in [5, 5.41) is 0. The smallest absolute Gasteiger partial charge is 0.227 e. The van der Waals surface area contributed by atoms with E-state index in [-0.39, 0.29) is 23.1 Å². The van der Waals surface area contributed by atoms with E-state index >= 15 is 0 Å². The zero-order valence-electron chi connectivity index (χ0n) is 15.0. The van der Waals surface area contributed by atoms with Crippen molar-refractivity contribution in [2.24, 2.45) is 5.41 Å². The first-order valence-corrected chi connectivity index (χ1v) is 8.73. The lowest BCUT2D eigenvalue weighted by atomic mass is 9.90. The summed E-state index contributed by atoms with van der Waals surface area (Å²) in [6.45, 7) is 7.36. The lowest BCUT2D eigenvalue weighted by Crippen LogP contribution is -2.44. The maximum atomic E-state index is 13.1. The van der Waals surface area contributed by atoms with Gasteiger partial charge >= 0.3 is 0 Å². The van der Waals surface area contributed by atoms with E-state index in [0.717, 1.165) is 30.6 Å². The van der Waals surface area contributed by atoms with E-state index in [1.54, 1.807) is 18.3 Å². The van der Waals surface area contributed by atoms with Crippen molar-refractivity contribution in [1.29, 1.82) is 0 Å². The molecule has 4 nitrogen and oxygen atoms in total. The number of carbonyl (C=O) groups excluding carboxylic acids is 1. The van der Waals surface area contributed by atoms with Gasteiger partial charge in [-0.3, -0.25) is 4.79 Å². The Morgan fingerprint density at radius 1 is 1.20 bits per heavy atom. The number of piperidine rings is 1. The molecule has 1 aromatic heterocycles. The van der Waals surface area contributed by atoms with Crippen molar-refractivity contribution in [2.45, 2.75) is 39.5 Å². The van der Waals surface area contributed by atoms with E-state index in [1.807, 2.05) is 31.7 Å². The molecule has 0 saturated carbocycles. The summed E-state index contributed by atoms with van der Waals surface area (Å²) in [4.78, 5) is 23.5. The molecule has 1 aliphatic heterocycles. The first-order valence-electron chi connectivity index (χ1n) is 8.73. The summed E-state index contributed by atoms with van der Waals surface area (Å²) in [5.41, 5.74) is 1.37. The Morgan fingerprint density at radius 2 is 1.92 bits per heavy atom. The molecule has 0 unspecified atom stereocenters. The number of amides is 1. The number of carbonyl (C=O) groups is 1. The van der Waals surface area contributed by atoms with E-state index in [2.05, 4.69) is 9.97 Å². The van der Waals surface area contributed by atoms with E-state index < -0.39 is 0 Å². The monoisotopic (exact) mass is 341 g/mol. The Labute approximate surface area is 148 Å². The first-order chi connectivity index (χ1) is 11.8. The highest BCUT2D eigenvalue weighted by Gasteiger charge is 2.32. The molecule has 2 heterocycles. The molecule has 2 aromatic rings. The molecule has 132 valence electrons. The van der Waals surface area contributed by atoms with Crippen molar-refractivity contribution < 1.29 is 9.18 Å². The fourth-order valence-electron chi connectivity index (χ4n) is 3.22. The van der Waals surface area contributed by atoms with E-state index in [1.165, 1.54) is 12.1 Å². The van der Waals surface area contributed by atoms with E-state index in [4.69, 9.17) is 0 Å². The minimum atomic E-state index is -0.368. The van der Waals surface area contributed by atoms with Crippen molar-refractivity contribution in [3.8, 4) is 11.4 Å². The zero-order chi connectivity index (χ0) is 18.0. The van der Waals surface area contributed by atoms with Crippen LogP contribution in [0.2, 0.25) is 0 Å². The highest BCUT2D eigenvalue weighted by Crippen LogP contribution is 2.29. The number of nitrogens with zero attached hydrogens (tertiary/aromatic N) is 3. The van der Waals surface area contributed by atoms with Crippen molar-refractivity contribution in [3.05, 3.63) is 48.0 Å². The van der Waals surface area contributed by atoms with Gasteiger partial charge in [0.15, 0.2) is 5.82 Å². The zero-order valence-corrected chi connectivity index (χ0v) is 15.0. The third kappa shape index (κ3) is 4.03. The van der Waals surface area contributed by atoms with Crippen molar-refractivity contribution in [1.82, 2.24) is 14.9 Å². The largest absolute Gasteiger partial charge is 0.342 e. The van der Waals surface area contributed by atoms with Gasteiger partial charge in [0.05, 0.1) is 0 Å². The Balaban J connectivity index is 1.81. The molecule has 0 aliphatic carbocycles. The van der Waals surface area contributed by atoms with Crippen LogP contribution in [0, 0.1) is 11.2 Å². The average molecular weight is 341 g/mol. The van der Waals surface area contributed by atoms with Crippen LogP contribution in [0.25, 0.3) is 11.4 Å². The molecule has 25 heavy (non-hydrogen) atoms. The predicted octanol–water partition coefficient (Wildman–Crippen LogP) is 4.03. The van der Waals surface area contributed by atoms with Crippen LogP contribution in [0.4, 0.5) is 4.39 Å². The third-order valence-electron chi connectivity index (χ3n) is 4.55. The second-order valence-electron chi connectivity index (χ2n) is 7.65. The Kier molecular flexibility index (Phi) is 4.84. The molecule has 1 atom stereocenters. The van der Waals surface area contributed by atoms with Gasteiger partial charge in [0.25, 0.3) is 0 Å². The minimum Gasteiger partial charge on any atom is -0.342 e. The molecular weight excluding hydrogens is 317 g/mol. The maximum absolute atomic E-state index is 13.1. The summed E-state index contributed by atoms with van der Waals surface area (Å²) in [5.74, 6) is 0.715. The van der Waals surface area contributed by atoms with Crippen LogP contribution in [-0.2, 0) is 4.79 Å². The van der Waals surface area contributed by atoms with Crippen molar-refractivity contribution in [2.75, 3.05) is 13.1 Å². The molecule has 1 fully saturated rings. The molecule has 0 spiro atoms. The van der Waals surface area contributed by atoms with Crippen LogP contribution in [0.5, 0.6) is 0 Å². The summed E-state index contributed by atoms with van der Waals surface area (Å²) in [6, 6.07) is 8.11. The minimum absolute atomic E-state index is 0.185. The topological polar surface area (TPSA) is 46.1 Å². The molecule has 5 heteroatoms. The Bertz CT molecular complexity index is 752. The summed E-state index contributed by atoms with van der Waals surface area (Å²) in [7, 11) is 0. The number of benzene rings is 1. The second-order valence-corrected chi connectivity index (χ2v) is 7.65. The standard InChI is InChI=1S/C20H24FN3O/c1-20(2,3)19(25)24-12-4-5-15(13-24)17-10-11-22-18(23-17)14-6-8-16(21)9-7-14/h6-11,15H,4-5,12-13H2,1-3H3/t15-/m0/s1. The highest BCUT2D eigenvalue weighted by atomic mass is 19.1. The molecule has 1 amide bonds. The Morgan fingerprint density at radius 3 is 2.60 bits per heavy atom. The van der Waals surface area contributed by atoms with Crippen LogP contribution < -0.4 is 0 Å². The number of likely N-dealkylation sites (tertiary alicyclic amines) is 1. The van der Waals surface area contributed by atoms with Gasteiger partial charge in [0.1, 0.15) is 5.82 Å². The van der Waals surface area contributed by atoms with Gasteiger partial charge in [-0.2, -0.15) is 0 Å². The highest BCUT2D eigenvalue weighted by molar-refractivity contribution is 5.81. The summed E-state index contributed by atoms with van der Waals surface area (Å²) < 4.78 is 13.1. The number of hydrogen-bond acceptors (Lipinski definition) is 3. The number of halogens is 1. The normalized spacial score (nSPS) is 18.2. The van der Waals surface area contributed by atoms with Gasteiger partial charge in [0, 0.05) is 41.9 Å². The lowest BCUT2D eigenvalue weighted by Gasteiger charge is -2.36. The maximum Gasteiger partial charge on any atom is 0.227 e. The second kappa shape index (κ2) is 6.90. The molecule has 0 N–H and O–H groups in total. The SMILES string of the molecule is CC(C)(C)C(=O)N1CCC[C@H](c2ccnc(-c3ccc(F)cc3)n2)C1. The number of aromatic nitrogens is 2. The number of rotatable bonds is 2. The van der Waals surface area contributed by atoms with Crippen LogP contribution in [0.15, 0.2) is 36.5 Å². The predicted molar refractivity (Wildman–Crippen MR) is 95.4 cm³/mol. The molecule has 0 radical (unpaired) electrons. The first kappa shape index (κ1) is 17.5. The van der Waals surface area contributed by atoms with Gasteiger partial charge in [-0.1, -0.05) is 20.8 Å². The fourth-order valence-corrected chi connectivity index (χ4v) is 3.22. The van der Waals surface area contributed by atoms with E-state index in [0.29, 0.717) is 12.4 Å². The molecule has 0 bridgehead atoms. The molecule has 1 aromatic carbocycles. The summed E-state index contributed by atoms with van der Waals surface area (Å²) in [6.07, 6.45) is 3.72. The van der Waals surface area contributed by atoms with Crippen LogP contribution in [0.1, 0.15) is 45.2 Å². The van der Waals surface area contributed by atoms with Crippen molar-refractivity contribution in [3.63, 3.8) is 0 Å². The van der Waals surface area contributed by atoms with Gasteiger partial charge in [-0.15, -0.1) is 0 Å². The molecular formula is C20H24FN3O. The quantitative estimate of drug-likeness (QED) is 0.828. The van der Waals surface area contributed by atoms with E-state index in [9.17, 15) is 9.18 Å². The van der Waals surface area contributed by atoms with Crippen LogP contribution in [0.3, 0.4) is 0 Å². The van der Waals surface area contributed by atoms with Crippen molar-refractivity contribution >= 4 is 5.91 Å². The van der Waals surface area contributed by atoms with Gasteiger partial charge in [-0.05, 0) is 43.2 Å². The third-order valence-corrected chi connectivity index (χ3v) is 4.55. The average Bonchev–Trinajstić information content (AvgIpc) is 2.61. The summed E-state index contributed by atoms with van der Waals surface area (Å²) >= 11 is 0. The molecule has 1 aliphatic rings. The number of hydrogen-bond donors (Lipinski definition) is 0. The Hall–Kier alpha value is -2.30. The van der Waals surface area contributed by atoms with Crippen LogP contribution in [-0.4, -0.2) is 33.9 Å². The van der Waals surface area contributed by atoms with Gasteiger partial charge < -0.3 is 4.90 Å².